The first-order valence-electron chi connectivity index (χ1n) is 5.29. The van der Waals surface area contributed by atoms with E-state index in [0.29, 0.717) is 30.3 Å². The predicted molar refractivity (Wildman–Crippen MR) is 56.0 cm³/mol. The second kappa shape index (κ2) is 4.86. The van der Waals surface area contributed by atoms with Crippen LogP contribution in [0.2, 0.25) is 0 Å². The van der Waals surface area contributed by atoms with Gasteiger partial charge in [0, 0.05) is 18.0 Å². The average Bonchev–Trinajstić information content (AvgIpc) is 2.35. The zero-order valence-corrected chi connectivity index (χ0v) is 9.10. The Kier molecular flexibility index (Phi) is 3.27. The molecule has 0 spiro atoms. The Morgan fingerprint density at radius 1 is 1.12 bits per heavy atom. The summed E-state index contributed by atoms with van der Waals surface area (Å²) in [5.41, 5.74) is 0.426. The third-order valence-electron chi connectivity index (χ3n) is 2.42. The van der Waals surface area contributed by atoms with Crippen molar-refractivity contribution in [1.29, 1.82) is 0 Å². The normalized spacial score (nSPS) is 13.2. The van der Waals surface area contributed by atoms with E-state index in [1.54, 1.807) is 18.2 Å². The minimum Gasteiger partial charge on any atom is -0.550 e. The third kappa shape index (κ3) is 2.75. The Morgan fingerprint density at radius 3 is 2.53 bits per heavy atom. The SMILES string of the molecule is O=C([O-])CCC(=O)c1ccc2c(c1)OCCO2. The van der Waals surface area contributed by atoms with Crippen LogP contribution in [-0.4, -0.2) is 25.0 Å². The number of rotatable bonds is 4. The topological polar surface area (TPSA) is 75.7 Å². The minimum absolute atomic E-state index is 0.0675. The van der Waals surface area contributed by atoms with Crippen LogP contribution in [0, 0.1) is 0 Å². The molecule has 5 nitrogen and oxygen atoms in total. The smallest absolute Gasteiger partial charge is 0.163 e. The van der Waals surface area contributed by atoms with E-state index < -0.39 is 5.97 Å². The van der Waals surface area contributed by atoms with Crippen molar-refractivity contribution in [3.8, 4) is 11.5 Å². The lowest BCUT2D eigenvalue weighted by Gasteiger charge is -2.18. The van der Waals surface area contributed by atoms with Gasteiger partial charge in [0.05, 0.1) is 0 Å². The highest BCUT2D eigenvalue weighted by Gasteiger charge is 2.14. The molecule has 0 bridgehead atoms. The van der Waals surface area contributed by atoms with Crippen molar-refractivity contribution in [2.45, 2.75) is 12.8 Å². The Morgan fingerprint density at radius 2 is 1.82 bits per heavy atom. The molecule has 5 heteroatoms. The maximum atomic E-state index is 11.6. The molecule has 1 aromatic carbocycles. The second-order valence-corrected chi connectivity index (χ2v) is 3.65. The van der Waals surface area contributed by atoms with E-state index in [0.717, 1.165) is 0 Å². The van der Waals surface area contributed by atoms with Gasteiger partial charge in [-0.3, -0.25) is 4.79 Å². The van der Waals surface area contributed by atoms with E-state index >= 15 is 0 Å². The first kappa shape index (κ1) is 11.4. The first-order valence-corrected chi connectivity index (χ1v) is 5.29. The van der Waals surface area contributed by atoms with Gasteiger partial charge in [0.15, 0.2) is 17.3 Å². The second-order valence-electron chi connectivity index (χ2n) is 3.65. The van der Waals surface area contributed by atoms with Crippen molar-refractivity contribution in [2.75, 3.05) is 13.2 Å². The van der Waals surface area contributed by atoms with Crippen LogP contribution in [0.25, 0.3) is 0 Å². The van der Waals surface area contributed by atoms with Crippen LogP contribution in [0.5, 0.6) is 11.5 Å². The fourth-order valence-electron chi connectivity index (χ4n) is 1.58. The number of fused-ring (bicyclic) bond motifs is 1. The number of carboxylic acids is 1. The summed E-state index contributed by atoms with van der Waals surface area (Å²) in [5, 5.41) is 10.3. The molecule has 0 fully saturated rings. The summed E-state index contributed by atoms with van der Waals surface area (Å²) < 4.78 is 10.6. The van der Waals surface area contributed by atoms with E-state index in [1.807, 2.05) is 0 Å². The minimum atomic E-state index is -1.23. The number of benzene rings is 1. The number of hydrogen-bond acceptors (Lipinski definition) is 5. The molecule has 1 heterocycles. The Balaban J connectivity index is 2.11. The average molecular weight is 235 g/mol. The van der Waals surface area contributed by atoms with E-state index in [9.17, 15) is 14.7 Å². The van der Waals surface area contributed by atoms with Crippen molar-refractivity contribution in [3.63, 3.8) is 0 Å². The van der Waals surface area contributed by atoms with E-state index in [1.165, 1.54) is 0 Å². The fourth-order valence-corrected chi connectivity index (χ4v) is 1.58. The molecule has 2 rings (SSSR count). The zero-order chi connectivity index (χ0) is 12.3. The maximum Gasteiger partial charge on any atom is 0.163 e. The molecule has 90 valence electrons. The number of Topliss-reactive ketones (excluding diaryl/α,β-unsaturated/α-hetero) is 1. The highest BCUT2D eigenvalue weighted by molar-refractivity contribution is 5.97. The van der Waals surface area contributed by atoms with Crippen molar-refractivity contribution in [1.82, 2.24) is 0 Å². The molecule has 0 aromatic heterocycles. The van der Waals surface area contributed by atoms with Gasteiger partial charge in [-0.15, -0.1) is 0 Å². The van der Waals surface area contributed by atoms with Gasteiger partial charge in [0.1, 0.15) is 13.2 Å². The number of carboxylic acid groups (broad SMARTS) is 1. The highest BCUT2D eigenvalue weighted by Crippen LogP contribution is 2.31. The molecule has 0 atom stereocenters. The first-order chi connectivity index (χ1) is 8.16. The van der Waals surface area contributed by atoms with Crippen LogP contribution >= 0.6 is 0 Å². The standard InChI is InChI=1S/C12H12O5/c13-9(2-4-12(14)15)8-1-3-10-11(7-8)17-6-5-16-10/h1,3,7H,2,4-6H2,(H,14,15)/p-1. The lowest BCUT2D eigenvalue weighted by molar-refractivity contribution is -0.305. The van der Waals surface area contributed by atoms with Gasteiger partial charge in [-0.05, 0) is 24.6 Å². The molecular formula is C12H11O5-. The van der Waals surface area contributed by atoms with Crippen LogP contribution in [0.1, 0.15) is 23.2 Å². The summed E-state index contributed by atoms with van der Waals surface area (Å²) in [6.45, 7) is 0.939. The van der Waals surface area contributed by atoms with Gasteiger partial charge in [-0.1, -0.05) is 0 Å². The zero-order valence-electron chi connectivity index (χ0n) is 9.10. The summed E-state index contributed by atoms with van der Waals surface area (Å²) in [6.07, 6.45) is -0.338. The van der Waals surface area contributed by atoms with Crippen LogP contribution in [0.15, 0.2) is 18.2 Å². The van der Waals surface area contributed by atoms with Gasteiger partial charge in [-0.25, -0.2) is 0 Å². The third-order valence-corrected chi connectivity index (χ3v) is 2.42. The van der Waals surface area contributed by atoms with Crippen molar-refractivity contribution < 1.29 is 24.2 Å². The number of hydrogen-bond donors (Lipinski definition) is 0. The van der Waals surface area contributed by atoms with Crippen LogP contribution in [0.3, 0.4) is 0 Å². The summed E-state index contributed by atoms with van der Waals surface area (Å²) in [6, 6.07) is 4.83. The molecule has 1 aliphatic rings. The monoisotopic (exact) mass is 235 g/mol. The largest absolute Gasteiger partial charge is 0.550 e. The van der Waals surface area contributed by atoms with E-state index in [2.05, 4.69) is 0 Å². The Labute approximate surface area is 98.0 Å². The maximum absolute atomic E-state index is 11.6. The molecule has 0 aliphatic carbocycles. The molecule has 0 saturated carbocycles. The Hall–Kier alpha value is -2.04. The number of ether oxygens (including phenoxy) is 2. The lowest BCUT2D eigenvalue weighted by Crippen LogP contribution is -2.22. The van der Waals surface area contributed by atoms with Crippen LogP contribution in [0.4, 0.5) is 0 Å². The quantitative estimate of drug-likeness (QED) is 0.695. The summed E-state index contributed by atoms with van der Waals surface area (Å²) in [7, 11) is 0. The van der Waals surface area contributed by atoms with Crippen molar-refractivity contribution >= 4 is 11.8 Å². The summed E-state index contributed by atoms with van der Waals surface area (Å²) >= 11 is 0. The van der Waals surface area contributed by atoms with Gasteiger partial charge >= 0.3 is 0 Å². The summed E-state index contributed by atoms with van der Waals surface area (Å²) in [5.74, 6) is -0.342. The molecule has 0 saturated heterocycles. The molecule has 0 unspecified atom stereocenters. The van der Waals surface area contributed by atoms with E-state index in [4.69, 9.17) is 9.47 Å². The van der Waals surface area contributed by atoms with Gasteiger partial charge in [0.2, 0.25) is 0 Å². The predicted octanol–water partition coefficient (Wildman–Crippen LogP) is 0.171. The number of carbonyl (C=O) groups excluding carboxylic acids is 2. The number of ketones is 1. The van der Waals surface area contributed by atoms with Gasteiger partial charge in [-0.2, -0.15) is 0 Å². The highest BCUT2D eigenvalue weighted by atomic mass is 16.6. The molecular weight excluding hydrogens is 224 g/mol. The van der Waals surface area contributed by atoms with Gasteiger partial charge in [0.25, 0.3) is 0 Å². The molecule has 17 heavy (non-hydrogen) atoms. The van der Waals surface area contributed by atoms with Crippen molar-refractivity contribution in [2.24, 2.45) is 0 Å². The number of carbonyl (C=O) groups is 2. The van der Waals surface area contributed by atoms with Crippen molar-refractivity contribution in [3.05, 3.63) is 23.8 Å². The van der Waals surface area contributed by atoms with Crippen LogP contribution < -0.4 is 14.6 Å². The molecule has 1 aromatic rings. The van der Waals surface area contributed by atoms with Gasteiger partial charge < -0.3 is 19.4 Å². The lowest BCUT2D eigenvalue weighted by atomic mass is 10.1. The fraction of sp³-hybridized carbons (Fsp3) is 0.333. The molecule has 0 N–H and O–H groups in total. The molecule has 0 amide bonds. The van der Waals surface area contributed by atoms with Crippen LogP contribution in [-0.2, 0) is 4.79 Å². The number of aliphatic carboxylic acids is 1. The molecule has 0 radical (unpaired) electrons. The Bertz CT molecular complexity index is 452. The molecule has 1 aliphatic heterocycles. The van der Waals surface area contributed by atoms with E-state index in [-0.39, 0.29) is 18.6 Å². The summed E-state index contributed by atoms with van der Waals surface area (Å²) in [4.78, 5) is 21.9.